The molecule has 0 unspecified atom stereocenters. The summed E-state index contributed by atoms with van der Waals surface area (Å²) in [5, 5.41) is 8.33. The summed E-state index contributed by atoms with van der Waals surface area (Å²) >= 11 is 0. The molecular weight excluding hydrogens is 238 g/mol. The zero-order valence-electron chi connectivity index (χ0n) is 11.7. The van der Waals surface area contributed by atoms with E-state index in [1.807, 2.05) is 13.0 Å². The fraction of sp³-hybridized carbons (Fsp3) is 0.600. The standard InChI is InChI=1S/C15H23N3O/c1-3-14-17-13(11-15(19)18(14)16-2)10-12-8-6-4-5-7-9-12/h3,11-12,17H,2,4-10H2,1H3/b14-3-. The summed E-state index contributed by atoms with van der Waals surface area (Å²) in [6.07, 6.45) is 12.4. The van der Waals surface area contributed by atoms with Crippen molar-refractivity contribution >= 4 is 12.6 Å². The van der Waals surface area contributed by atoms with E-state index in [1.54, 1.807) is 6.08 Å². The predicted octanol–water partition coefficient (Wildman–Crippen LogP) is 3.14. The summed E-state index contributed by atoms with van der Waals surface area (Å²) in [7, 11) is 0. The predicted molar refractivity (Wildman–Crippen MR) is 77.2 cm³/mol. The number of allylic oxidation sites excluding steroid dienone is 2. The van der Waals surface area contributed by atoms with Crippen molar-refractivity contribution in [2.75, 3.05) is 0 Å². The van der Waals surface area contributed by atoms with E-state index in [0.717, 1.165) is 12.1 Å². The summed E-state index contributed by atoms with van der Waals surface area (Å²) in [6.45, 7) is 5.32. The molecule has 19 heavy (non-hydrogen) atoms. The highest BCUT2D eigenvalue weighted by Crippen LogP contribution is 2.28. The number of amides is 1. The van der Waals surface area contributed by atoms with E-state index in [4.69, 9.17) is 0 Å². The molecule has 1 amide bonds. The highest BCUT2D eigenvalue weighted by atomic mass is 16.2. The summed E-state index contributed by atoms with van der Waals surface area (Å²) in [5.74, 6) is 1.31. The van der Waals surface area contributed by atoms with Crippen molar-refractivity contribution in [3.63, 3.8) is 0 Å². The van der Waals surface area contributed by atoms with Crippen molar-refractivity contribution in [3.8, 4) is 0 Å². The van der Waals surface area contributed by atoms with Gasteiger partial charge in [-0.15, -0.1) is 0 Å². The first-order valence-electron chi connectivity index (χ1n) is 7.19. The van der Waals surface area contributed by atoms with Gasteiger partial charge in [-0.2, -0.15) is 10.1 Å². The molecule has 1 aliphatic carbocycles. The maximum Gasteiger partial charge on any atom is 0.274 e. The van der Waals surface area contributed by atoms with E-state index in [0.29, 0.717) is 11.7 Å². The van der Waals surface area contributed by atoms with E-state index >= 15 is 0 Å². The van der Waals surface area contributed by atoms with Crippen LogP contribution in [0.15, 0.2) is 28.8 Å². The van der Waals surface area contributed by atoms with Crippen molar-refractivity contribution in [1.29, 1.82) is 0 Å². The third-order valence-electron chi connectivity index (χ3n) is 3.92. The van der Waals surface area contributed by atoms with Crippen molar-refractivity contribution in [2.24, 2.45) is 11.0 Å². The Bertz CT molecular complexity index is 404. The van der Waals surface area contributed by atoms with Crippen LogP contribution in [0.5, 0.6) is 0 Å². The number of nitrogens with zero attached hydrogens (tertiary/aromatic N) is 2. The second-order valence-corrected chi connectivity index (χ2v) is 5.32. The van der Waals surface area contributed by atoms with E-state index in [1.165, 1.54) is 43.5 Å². The van der Waals surface area contributed by atoms with Gasteiger partial charge in [0.05, 0.1) is 0 Å². The van der Waals surface area contributed by atoms with Crippen LogP contribution in [-0.2, 0) is 4.79 Å². The number of hydrogen-bond acceptors (Lipinski definition) is 3. The summed E-state index contributed by atoms with van der Waals surface area (Å²) in [6, 6.07) is 0. The molecule has 1 saturated carbocycles. The Kier molecular flexibility index (Phi) is 4.77. The minimum atomic E-state index is -0.106. The van der Waals surface area contributed by atoms with Crippen LogP contribution in [0, 0.1) is 5.92 Å². The fourth-order valence-electron chi connectivity index (χ4n) is 2.91. The van der Waals surface area contributed by atoms with Crippen molar-refractivity contribution in [1.82, 2.24) is 10.3 Å². The normalized spacial score (nSPS) is 23.8. The Balaban J connectivity index is 2.04. The fourth-order valence-corrected chi connectivity index (χ4v) is 2.91. The van der Waals surface area contributed by atoms with Crippen LogP contribution in [0.3, 0.4) is 0 Å². The van der Waals surface area contributed by atoms with Gasteiger partial charge in [-0.1, -0.05) is 38.5 Å². The van der Waals surface area contributed by atoms with Crippen LogP contribution in [0.2, 0.25) is 0 Å². The molecule has 0 saturated heterocycles. The molecule has 0 aromatic heterocycles. The van der Waals surface area contributed by atoms with Crippen molar-refractivity contribution in [2.45, 2.75) is 51.9 Å². The minimum absolute atomic E-state index is 0.106. The molecule has 104 valence electrons. The molecule has 1 fully saturated rings. The molecule has 1 aliphatic heterocycles. The third-order valence-corrected chi connectivity index (χ3v) is 3.92. The van der Waals surface area contributed by atoms with Crippen LogP contribution in [0.4, 0.5) is 0 Å². The topological polar surface area (TPSA) is 44.7 Å². The SMILES string of the molecule is C=NN1C(=O)C=C(CC2CCCCCC2)N/C1=C/C. The third kappa shape index (κ3) is 3.46. The maximum atomic E-state index is 11.9. The lowest BCUT2D eigenvalue weighted by molar-refractivity contribution is -0.125. The van der Waals surface area contributed by atoms with Crippen LogP contribution in [-0.4, -0.2) is 17.6 Å². The zero-order chi connectivity index (χ0) is 13.7. The molecule has 0 aromatic carbocycles. The first kappa shape index (κ1) is 13.8. The quantitative estimate of drug-likeness (QED) is 0.626. The van der Waals surface area contributed by atoms with Crippen molar-refractivity contribution < 1.29 is 4.79 Å². The Morgan fingerprint density at radius 1 is 1.42 bits per heavy atom. The molecule has 1 heterocycles. The van der Waals surface area contributed by atoms with Gasteiger partial charge in [0, 0.05) is 18.5 Å². The number of hydrazone groups is 1. The van der Waals surface area contributed by atoms with Crippen molar-refractivity contribution in [3.05, 3.63) is 23.7 Å². The Morgan fingerprint density at radius 2 is 2.11 bits per heavy atom. The maximum absolute atomic E-state index is 11.9. The van der Waals surface area contributed by atoms with Crippen LogP contribution < -0.4 is 5.32 Å². The molecule has 0 aromatic rings. The van der Waals surface area contributed by atoms with Gasteiger partial charge in [0.1, 0.15) is 5.82 Å². The number of carbonyl (C=O) groups is 1. The van der Waals surface area contributed by atoms with Gasteiger partial charge < -0.3 is 5.32 Å². The molecule has 2 aliphatic rings. The number of hydrogen-bond donors (Lipinski definition) is 1. The summed E-state index contributed by atoms with van der Waals surface area (Å²) in [4.78, 5) is 11.9. The van der Waals surface area contributed by atoms with Gasteiger partial charge in [0.25, 0.3) is 5.91 Å². The van der Waals surface area contributed by atoms with Crippen LogP contribution >= 0.6 is 0 Å². The molecule has 1 N–H and O–H groups in total. The van der Waals surface area contributed by atoms with Gasteiger partial charge in [0.2, 0.25) is 0 Å². The van der Waals surface area contributed by atoms with Gasteiger partial charge in [-0.05, 0) is 25.3 Å². The average molecular weight is 261 g/mol. The van der Waals surface area contributed by atoms with Gasteiger partial charge in [0.15, 0.2) is 0 Å². The van der Waals surface area contributed by atoms with E-state index in [9.17, 15) is 4.79 Å². The van der Waals surface area contributed by atoms with E-state index in [2.05, 4.69) is 17.1 Å². The van der Waals surface area contributed by atoms with Crippen LogP contribution in [0.1, 0.15) is 51.9 Å². The number of carbonyl (C=O) groups excluding carboxylic acids is 1. The first-order chi connectivity index (χ1) is 9.24. The molecule has 2 rings (SSSR count). The summed E-state index contributed by atoms with van der Waals surface area (Å²) in [5.41, 5.74) is 1.02. The zero-order valence-corrected chi connectivity index (χ0v) is 11.7. The number of rotatable bonds is 3. The van der Waals surface area contributed by atoms with E-state index < -0.39 is 0 Å². The smallest absolute Gasteiger partial charge is 0.274 e. The monoisotopic (exact) mass is 261 g/mol. The summed E-state index contributed by atoms with van der Waals surface area (Å²) < 4.78 is 0. The first-order valence-corrected chi connectivity index (χ1v) is 7.19. The Labute approximate surface area is 115 Å². The van der Waals surface area contributed by atoms with E-state index in [-0.39, 0.29) is 5.91 Å². The highest BCUT2D eigenvalue weighted by molar-refractivity contribution is 5.90. The molecular formula is C15H23N3O. The molecule has 0 spiro atoms. The van der Waals surface area contributed by atoms with Crippen LogP contribution in [0.25, 0.3) is 0 Å². The van der Waals surface area contributed by atoms with Gasteiger partial charge in [-0.3, -0.25) is 4.79 Å². The lowest BCUT2D eigenvalue weighted by atomic mass is 9.94. The Hall–Kier alpha value is -1.58. The molecule has 4 heteroatoms. The lowest BCUT2D eigenvalue weighted by Crippen LogP contribution is -2.37. The largest absolute Gasteiger partial charge is 0.344 e. The number of nitrogens with one attached hydrogen (secondary N) is 1. The molecule has 0 radical (unpaired) electrons. The molecule has 0 bridgehead atoms. The average Bonchev–Trinajstić information content (AvgIpc) is 2.66. The van der Waals surface area contributed by atoms with Gasteiger partial charge in [-0.25, -0.2) is 0 Å². The second kappa shape index (κ2) is 6.55. The highest BCUT2D eigenvalue weighted by Gasteiger charge is 2.23. The molecule has 4 nitrogen and oxygen atoms in total. The van der Waals surface area contributed by atoms with Gasteiger partial charge >= 0.3 is 0 Å². The minimum Gasteiger partial charge on any atom is -0.344 e. The Morgan fingerprint density at radius 3 is 2.68 bits per heavy atom. The lowest BCUT2D eigenvalue weighted by Gasteiger charge is -2.27. The molecule has 0 atom stereocenters. The second-order valence-electron chi connectivity index (χ2n) is 5.32.